The predicted molar refractivity (Wildman–Crippen MR) is 89.6 cm³/mol. The number of hydrogen-bond acceptors (Lipinski definition) is 4. The number of aldehydes is 1. The molecule has 25 heavy (non-hydrogen) atoms. The van der Waals surface area contributed by atoms with Crippen molar-refractivity contribution in [3.05, 3.63) is 54.4 Å². The number of ether oxygens (including phenoxy) is 1. The number of nitrogens with zero attached hydrogens (tertiary/aromatic N) is 2. The van der Waals surface area contributed by atoms with E-state index in [2.05, 4.69) is 21.6 Å². The molecule has 2 aromatic rings. The lowest BCUT2D eigenvalue weighted by atomic mass is 10.2. The molecule has 0 aliphatic heterocycles. The van der Waals surface area contributed by atoms with Gasteiger partial charge in [0, 0.05) is 18.3 Å². The summed E-state index contributed by atoms with van der Waals surface area (Å²) in [6.45, 7) is 5.33. The van der Waals surface area contributed by atoms with Gasteiger partial charge in [-0.3, -0.25) is 9.79 Å². The molecule has 0 atom stereocenters. The zero-order valence-corrected chi connectivity index (χ0v) is 13.6. The van der Waals surface area contributed by atoms with Crippen molar-refractivity contribution in [2.75, 3.05) is 5.32 Å². The zero-order valence-electron chi connectivity index (χ0n) is 13.6. The molecule has 5 nitrogen and oxygen atoms in total. The number of benzene rings is 1. The third-order valence-electron chi connectivity index (χ3n) is 3.39. The fourth-order valence-corrected chi connectivity index (χ4v) is 2.26. The van der Waals surface area contributed by atoms with Gasteiger partial charge in [0.1, 0.15) is 11.6 Å². The van der Waals surface area contributed by atoms with Crippen LogP contribution in [-0.4, -0.2) is 22.9 Å². The van der Waals surface area contributed by atoms with Crippen LogP contribution in [0.5, 0.6) is 5.75 Å². The Morgan fingerprint density at radius 1 is 1.32 bits per heavy atom. The minimum Gasteiger partial charge on any atom is -0.406 e. The van der Waals surface area contributed by atoms with E-state index >= 15 is 0 Å². The third kappa shape index (κ3) is 4.50. The van der Waals surface area contributed by atoms with Crippen molar-refractivity contribution in [2.45, 2.75) is 13.3 Å². The van der Waals surface area contributed by atoms with Crippen LogP contribution in [0, 0.1) is 0 Å². The molecule has 1 aromatic heterocycles. The van der Waals surface area contributed by atoms with Gasteiger partial charge in [0.25, 0.3) is 0 Å². The molecule has 0 radical (unpaired) electrons. The molecule has 0 fully saturated rings. The summed E-state index contributed by atoms with van der Waals surface area (Å²) in [6.07, 6.45) is -2.54. The lowest BCUT2D eigenvalue weighted by Crippen LogP contribution is -2.16. The molecule has 0 amide bonds. The van der Waals surface area contributed by atoms with Crippen LogP contribution >= 0.6 is 0 Å². The maximum Gasteiger partial charge on any atom is 0.573 e. The SMILES string of the molecule is C=CNc1c(C(C)=Nc2ccc(OC(F)(F)F)cc2)cc(C=O)n1C. The molecule has 2 rings (SSSR count). The number of aromatic nitrogens is 1. The Balaban J connectivity index is 2.32. The summed E-state index contributed by atoms with van der Waals surface area (Å²) in [5.74, 6) is 0.316. The van der Waals surface area contributed by atoms with Gasteiger partial charge in [-0.15, -0.1) is 13.2 Å². The first-order valence-electron chi connectivity index (χ1n) is 7.19. The Hall–Kier alpha value is -3.03. The number of carbonyl (C=O) groups is 1. The van der Waals surface area contributed by atoms with E-state index in [1.165, 1.54) is 30.5 Å². The molecule has 0 unspecified atom stereocenters. The Morgan fingerprint density at radius 2 is 1.96 bits per heavy atom. The summed E-state index contributed by atoms with van der Waals surface area (Å²) in [7, 11) is 1.72. The molecule has 0 bridgehead atoms. The van der Waals surface area contributed by atoms with Crippen LogP contribution in [0.15, 0.2) is 48.1 Å². The number of hydrogen-bond donors (Lipinski definition) is 1. The molecular weight excluding hydrogens is 335 g/mol. The van der Waals surface area contributed by atoms with E-state index in [0.717, 1.165) is 0 Å². The lowest BCUT2D eigenvalue weighted by Gasteiger charge is -2.09. The van der Waals surface area contributed by atoms with Crippen molar-refractivity contribution >= 4 is 23.5 Å². The number of alkyl halides is 3. The van der Waals surface area contributed by atoms with Gasteiger partial charge in [0.05, 0.1) is 11.4 Å². The monoisotopic (exact) mass is 351 g/mol. The summed E-state index contributed by atoms with van der Waals surface area (Å²) in [6, 6.07) is 6.86. The number of halogens is 3. The van der Waals surface area contributed by atoms with Gasteiger partial charge >= 0.3 is 6.36 Å². The maximum absolute atomic E-state index is 12.2. The zero-order chi connectivity index (χ0) is 18.6. The number of rotatable bonds is 6. The smallest absolute Gasteiger partial charge is 0.406 e. The molecular formula is C17H16F3N3O2. The highest BCUT2D eigenvalue weighted by atomic mass is 19.4. The molecule has 0 saturated heterocycles. The molecule has 0 spiro atoms. The Kier molecular flexibility index (Phi) is 5.31. The van der Waals surface area contributed by atoms with Gasteiger partial charge < -0.3 is 14.6 Å². The van der Waals surface area contributed by atoms with Crippen molar-refractivity contribution < 1.29 is 22.7 Å². The van der Waals surface area contributed by atoms with Gasteiger partial charge in [-0.25, -0.2) is 0 Å². The van der Waals surface area contributed by atoms with Gasteiger partial charge in [-0.2, -0.15) is 0 Å². The predicted octanol–water partition coefficient (Wildman–Crippen LogP) is 4.43. The normalized spacial score (nSPS) is 12.0. The first-order chi connectivity index (χ1) is 11.7. The summed E-state index contributed by atoms with van der Waals surface area (Å²) >= 11 is 0. The summed E-state index contributed by atoms with van der Waals surface area (Å²) in [5, 5.41) is 2.94. The van der Waals surface area contributed by atoms with E-state index in [-0.39, 0.29) is 5.75 Å². The first-order valence-corrected chi connectivity index (χ1v) is 7.19. The van der Waals surface area contributed by atoms with E-state index in [1.807, 2.05) is 0 Å². The fraction of sp³-hybridized carbons (Fsp3) is 0.176. The number of aliphatic imine (C=N–C) groups is 1. The van der Waals surface area contributed by atoms with Crippen LogP contribution in [0.3, 0.4) is 0 Å². The lowest BCUT2D eigenvalue weighted by molar-refractivity contribution is -0.274. The van der Waals surface area contributed by atoms with Crippen LogP contribution in [-0.2, 0) is 7.05 Å². The van der Waals surface area contributed by atoms with Gasteiger partial charge in [0.15, 0.2) is 6.29 Å². The molecule has 1 N–H and O–H groups in total. The van der Waals surface area contributed by atoms with Crippen LogP contribution in [0.2, 0.25) is 0 Å². The van der Waals surface area contributed by atoms with Crippen molar-refractivity contribution in [2.24, 2.45) is 12.0 Å². The van der Waals surface area contributed by atoms with Gasteiger partial charge in [-0.05, 0) is 43.5 Å². The highest BCUT2D eigenvalue weighted by Gasteiger charge is 2.30. The molecule has 0 aliphatic carbocycles. The largest absolute Gasteiger partial charge is 0.573 e. The Bertz CT molecular complexity index is 806. The van der Waals surface area contributed by atoms with E-state index in [0.29, 0.717) is 34.8 Å². The number of carbonyl (C=O) groups excluding carboxylic acids is 1. The van der Waals surface area contributed by atoms with Crippen molar-refractivity contribution in [1.29, 1.82) is 0 Å². The van der Waals surface area contributed by atoms with Crippen LogP contribution in [0.1, 0.15) is 23.0 Å². The van der Waals surface area contributed by atoms with Crippen molar-refractivity contribution in [3.8, 4) is 5.75 Å². The number of anilines is 1. The molecule has 0 saturated carbocycles. The van der Waals surface area contributed by atoms with E-state index in [1.54, 1.807) is 24.6 Å². The van der Waals surface area contributed by atoms with Crippen LogP contribution in [0.25, 0.3) is 0 Å². The second-order valence-electron chi connectivity index (χ2n) is 5.10. The summed E-state index contributed by atoms with van der Waals surface area (Å²) < 4.78 is 42.0. The molecule has 8 heteroatoms. The van der Waals surface area contributed by atoms with E-state index in [9.17, 15) is 18.0 Å². The average molecular weight is 351 g/mol. The topological polar surface area (TPSA) is 55.6 Å². The highest BCUT2D eigenvalue weighted by Crippen LogP contribution is 2.26. The van der Waals surface area contributed by atoms with Gasteiger partial charge in [0.2, 0.25) is 0 Å². The summed E-state index contributed by atoms with van der Waals surface area (Å²) in [5.41, 5.74) is 2.16. The standard InChI is InChI=1S/C17H16F3N3O2/c1-4-21-16-15(9-13(10-24)23(16)3)11(2)22-12-5-7-14(8-6-12)25-17(18,19)20/h4-10,21H,1H2,2-3H3. The second kappa shape index (κ2) is 7.25. The Morgan fingerprint density at radius 3 is 2.48 bits per heavy atom. The molecule has 132 valence electrons. The minimum absolute atomic E-state index is 0.318. The quantitative estimate of drug-likeness (QED) is 0.619. The molecule has 1 heterocycles. The van der Waals surface area contributed by atoms with Gasteiger partial charge in [-0.1, -0.05) is 6.58 Å². The summed E-state index contributed by atoms with van der Waals surface area (Å²) in [4.78, 5) is 15.5. The van der Waals surface area contributed by atoms with Crippen LogP contribution in [0.4, 0.5) is 24.7 Å². The van der Waals surface area contributed by atoms with Crippen LogP contribution < -0.4 is 10.1 Å². The van der Waals surface area contributed by atoms with Crippen molar-refractivity contribution in [1.82, 2.24) is 4.57 Å². The Labute approximate surface area is 142 Å². The van der Waals surface area contributed by atoms with E-state index in [4.69, 9.17) is 0 Å². The fourth-order valence-electron chi connectivity index (χ4n) is 2.26. The average Bonchev–Trinajstić information content (AvgIpc) is 2.85. The molecule has 0 aliphatic rings. The first kappa shape index (κ1) is 18.3. The molecule has 1 aromatic carbocycles. The minimum atomic E-state index is -4.73. The maximum atomic E-state index is 12.2. The van der Waals surface area contributed by atoms with Crippen molar-refractivity contribution in [3.63, 3.8) is 0 Å². The van der Waals surface area contributed by atoms with E-state index < -0.39 is 6.36 Å². The highest BCUT2D eigenvalue weighted by molar-refractivity contribution is 6.05. The third-order valence-corrected chi connectivity index (χ3v) is 3.39. The number of nitrogens with one attached hydrogen (secondary N) is 1. The second-order valence-corrected chi connectivity index (χ2v) is 5.10.